The van der Waals surface area contributed by atoms with E-state index in [4.69, 9.17) is 87.0 Å². The maximum absolute atomic E-state index is 13.0. The van der Waals surface area contributed by atoms with Crippen molar-refractivity contribution in [3.05, 3.63) is 94.0 Å². The van der Waals surface area contributed by atoms with Crippen LogP contribution in [-0.2, 0) is 63.9 Å². The molecule has 4 aromatic rings. The van der Waals surface area contributed by atoms with E-state index >= 15 is 0 Å². The van der Waals surface area contributed by atoms with Crippen LogP contribution in [0.15, 0.2) is 60.7 Å². The van der Waals surface area contributed by atoms with Gasteiger partial charge in [-0.3, -0.25) is 19.4 Å². The van der Waals surface area contributed by atoms with Gasteiger partial charge < -0.3 is 67.8 Å². The fraction of sp³-hybridized carbons (Fsp3) is 0.455. The van der Waals surface area contributed by atoms with Crippen LogP contribution in [0.5, 0.6) is 46.0 Å². The van der Waals surface area contributed by atoms with E-state index in [1.807, 2.05) is 36.4 Å². The van der Waals surface area contributed by atoms with Crippen molar-refractivity contribution >= 4 is 35.8 Å². The van der Waals surface area contributed by atoms with Crippen molar-refractivity contribution in [1.82, 2.24) is 9.80 Å². The molecule has 0 unspecified atom stereocenters. The van der Waals surface area contributed by atoms with Crippen molar-refractivity contribution in [2.45, 2.75) is 69.9 Å². The lowest BCUT2D eigenvalue weighted by Gasteiger charge is -2.38. The van der Waals surface area contributed by atoms with Gasteiger partial charge in [0.2, 0.25) is 0 Å². The zero-order valence-corrected chi connectivity index (χ0v) is 44.8. The highest BCUT2D eigenvalue weighted by atomic mass is 16.5. The third-order valence-electron chi connectivity index (χ3n) is 12.9. The Kier molecular flexibility index (Phi) is 24.9. The molecular formula is C55H70N2O20. The molecule has 0 aliphatic carbocycles. The van der Waals surface area contributed by atoms with Gasteiger partial charge in [-0.05, 0) is 127 Å². The topological polar surface area (TPSA) is 282 Å². The standard InChI is InChI=1S/C51H66N2O12.2C2H2O4/c1-56-42-14-12-34(28-44(42)58-3)26-40-38-32-48(62-7)46(60-5)30-36(38)16-20-52(40)22-18-50(54)64-24-10-9-11-25-65-51(55)19-23-53-21-17-37-31-47(61-6)49(63-8)33-39(37)41(53)27-35-13-15-43(57-2)45(29-35)59-4;2*3-1(4)2(5)6/h12-15,28-33,40-41H,9-11,16-27H2,1-8H3;2*(H,3,4)(H,5,6)/t40-,41+;;. The first-order chi connectivity index (χ1) is 36.9. The Hall–Kier alpha value is -7.98. The van der Waals surface area contributed by atoms with Crippen molar-refractivity contribution in [3.63, 3.8) is 0 Å². The Balaban J connectivity index is 0.000000956. The minimum atomic E-state index is -1.82. The van der Waals surface area contributed by atoms with E-state index in [0.717, 1.165) is 54.6 Å². The zero-order chi connectivity index (χ0) is 56.6. The molecule has 4 N–H and O–H groups in total. The molecule has 22 nitrogen and oxygen atoms in total. The SMILES string of the molecule is COc1ccc(C[C@@H]2c3cc(OC)c(OC)cc3CCN2CCC(=O)OCCCCCOC(=O)CCN2CCc3cc(OC)c(OC)cc3[C@@H]2Cc2ccc(OC)c(OC)c2)cc1OC.O=C(O)C(=O)O.O=C(O)C(=O)O. The van der Waals surface area contributed by atoms with Gasteiger partial charge in [-0.15, -0.1) is 0 Å². The minimum Gasteiger partial charge on any atom is -0.493 e. The van der Waals surface area contributed by atoms with E-state index < -0.39 is 23.9 Å². The summed E-state index contributed by atoms with van der Waals surface area (Å²) in [6.45, 7) is 3.29. The molecule has 4 aromatic carbocycles. The Morgan fingerprint density at radius 2 is 0.740 bits per heavy atom. The van der Waals surface area contributed by atoms with E-state index in [2.05, 4.69) is 34.1 Å². The number of ether oxygens (including phenoxy) is 10. The lowest BCUT2D eigenvalue weighted by molar-refractivity contribution is -0.159. The number of hydrogen-bond donors (Lipinski definition) is 4. The summed E-state index contributed by atoms with van der Waals surface area (Å²) in [5, 5.41) is 29.6. The molecule has 2 aliphatic heterocycles. The second-order valence-electron chi connectivity index (χ2n) is 17.4. The van der Waals surface area contributed by atoms with Crippen molar-refractivity contribution in [1.29, 1.82) is 0 Å². The van der Waals surface area contributed by atoms with Crippen molar-refractivity contribution in [2.75, 3.05) is 96.3 Å². The van der Waals surface area contributed by atoms with Crippen molar-refractivity contribution in [2.24, 2.45) is 0 Å². The molecule has 420 valence electrons. The number of carboxylic acids is 4. The number of rotatable bonds is 24. The molecule has 0 aromatic heterocycles. The number of unbranched alkanes of at least 4 members (excludes halogenated alkanes) is 2. The molecule has 0 saturated carbocycles. The molecule has 2 atom stereocenters. The first-order valence-corrected chi connectivity index (χ1v) is 24.6. The Bertz CT molecular complexity index is 2440. The van der Waals surface area contributed by atoms with E-state index in [9.17, 15) is 9.59 Å². The highest BCUT2D eigenvalue weighted by Crippen LogP contribution is 2.42. The van der Waals surface area contributed by atoms with Crippen LogP contribution in [0.3, 0.4) is 0 Å². The second-order valence-corrected chi connectivity index (χ2v) is 17.4. The summed E-state index contributed by atoms with van der Waals surface area (Å²) in [5.41, 5.74) is 6.86. The molecule has 0 spiro atoms. The summed E-state index contributed by atoms with van der Waals surface area (Å²) in [4.78, 5) is 67.1. The van der Waals surface area contributed by atoms with E-state index in [0.29, 0.717) is 98.0 Å². The zero-order valence-electron chi connectivity index (χ0n) is 44.8. The van der Waals surface area contributed by atoms with Crippen LogP contribution in [-0.4, -0.2) is 162 Å². The van der Waals surface area contributed by atoms with E-state index in [1.165, 1.54) is 11.1 Å². The summed E-state index contributed by atoms with van der Waals surface area (Å²) >= 11 is 0. The third kappa shape index (κ3) is 18.1. The highest BCUT2D eigenvalue weighted by molar-refractivity contribution is 6.27. The van der Waals surface area contributed by atoms with Gasteiger partial charge in [0.05, 0.1) is 82.9 Å². The van der Waals surface area contributed by atoms with Crippen LogP contribution in [0.1, 0.15) is 77.6 Å². The van der Waals surface area contributed by atoms with Gasteiger partial charge in [0, 0.05) is 38.3 Å². The van der Waals surface area contributed by atoms with Crippen LogP contribution in [0.2, 0.25) is 0 Å². The molecule has 0 radical (unpaired) electrons. The molecule has 22 heteroatoms. The van der Waals surface area contributed by atoms with Crippen LogP contribution < -0.4 is 37.9 Å². The van der Waals surface area contributed by atoms with Crippen molar-refractivity contribution in [3.8, 4) is 46.0 Å². The van der Waals surface area contributed by atoms with Gasteiger partial charge in [0.25, 0.3) is 0 Å². The molecular weight excluding hydrogens is 1010 g/mol. The van der Waals surface area contributed by atoms with Crippen LogP contribution in [0.25, 0.3) is 0 Å². The van der Waals surface area contributed by atoms with E-state index in [1.54, 1.807) is 56.9 Å². The summed E-state index contributed by atoms with van der Waals surface area (Å²) < 4.78 is 56.1. The molecule has 6 rings (SSSR count). The number of carbonyl (C=O) groups excluding carboxylic acids is 2. The number of fused-ring (bicyclic) bond motifs is 2. The number of hydrogen-bond acceptors (Lipinski definition) is 18. The number of esters is 2. The Morgan fingerprint density at radius 3 is 1.05 bits per heavy atom. The molecule has 0 bridgehead atoms. The number of carbonyl (C=O) groups is 6. The summed E-state index contributed by atoms with van der Waals surface area (Å²) in [5.74, 6) is -2.34. The maximum Gasteiger partial charge on any atom is 0.414 e. The van der Waals surface area contributed by atoms with Crippen LogP contribution >= 0.6 is 0 Å². The number of carboxylic acid groups (broad SMARTS) is 4. The largest absolute Gasteiger partial charge is 0.493 e. The number of methoxy groups -OCH3 is 8. The third-order valence-corrected chi connectivity index (χ3v) is 12.9. The molecule has 0 amide bonds. The smallest absolute Gasteiger partial charge is 0.414 e. The molecule has 0 saturated heterocycles. The first kappa shape index (κ1) is 61.6. The average Bonchev–Trinajstić information content (AvgIpc) is 3.43. The first-order valence-electron chi connectivity index (χ1n) is 24.6. The highest BCUT2D eigenvalue weighted by Gasteiger charge is 2.32. The fourth-order valence-corrected chi connectivity index (χ4v) is 9.00. The second kappa shape index (κ2) is 31.2. The van der Waals surface area contributed by atoms with E-state index in [-0.39, 0.29) is 36.9 Å². The van der Waals surface area contributed by atoms with Crippen LogP contribution in [0, 0.1) is 0 Å². The maximum atomic E-state index is 13.0. The van der Waals surface area contributed by atoms with Gasteiger partial charge >= 0.3 is 35.8 Å². The summed E-state index contributed by atoms with van der Waals surface area (Å²) in [6.07, 6.45) is 5.69. The normalized spacial score (nSPS) is 14.5. The predicted molar refractivity (Wildman–Crippen MR) is 277 cm³/mol. The number of aliphatic carboxylic acids is 4. The van der Waals surface area contributed by atoms with Crippen LogP contribution in [0.4, 0.5) is 0 Å². The average molecular weight is 1080 g/mol. The minimum absolute atomic E-state index is 0.0112. The molecule has 0 fully saturated rings. The number of nitrogens with zero attached hydrogens (tertiary/aromatic N) is 2. The van der Waals surface area contributed by atoms with Gasteiger partial charge in [-0.25, -0.2) is 19.2 Å². The van der Waals surface area contributed by atoms with Gasteiger partial charge in [0.1, 0.15) is 0 Å². The molecule has 2 aliphatic rings. The Labute approximate surface area is 447 Å². The lowest BCUT2D eigenvalue weighted by atomic mass is 9.88. The van der Waals surface area contributed by atoms with Gasteiger partial charge in [-0.1, -0.05) is 12.1 Å². The predicted octanol–water partition coefficient (Wildman–Crippen LogP) is 6.09. The summed E-state index contributed by atoms with van der Waals surface area (Å²) in [7, 11) is 13.1. The number of benzene rings is 4. The van der Waals surface area contributed by atoms with Gasteiger partial charge in [-0.2, -0.15) is 0 Å². The molecule has 2 heterocycles. The fourth-order valence-electron chi connectivity index (χ4n) is 9.00. The summed E-state index contributed by atoms with van der Waals surface area (Å²) in [6, 6.07) is 20.2. The lowest BCUT2D eigenvalue weighted by Crippen LogP contribution is -2.38. The van der Waals surface area contributed by atoms with Gasteiger partial charge in [0.15, 0.2) is 46.0 Å². The molecule has 77 heavy (non-hydrogen) atoms. The quantitative estimate of drug-likeness (QED) is 0.0351. The Morgan fingerprint density at radius 1 is 0.429 bits per heavy atom. The van der Waals surface area contributed by atoms with Crippen molar-refractivity contribution < 1.29 is 96.6 Å². The monoisotopic (exact) mass is 1080 g/mol.